The minimum atomic E-state index is -0.449. The molecule has 0 aromatic rings. The van der Waals surface area contributed by atoms with Crippen molar-refractivity contribution in [1.29, 1.82) is 0 Å². The monoisotopic (exact) mass is 563 g/mol. The van der Waals surface area contributed by atoms with Crippen LogP contribution in [-0.4, -0.2) is 91.3 Å². The van der Waals surface area contributed by atoms with Crippen LogP contribution in [-0.2, 0) is 4.74 Å². The number of rotatable bonds is 8. The van der Waals surface area contributed by atoms with Crippen LogP contribution in [0.5, 0.6) is 0 Å². The molecular weight excluding hydrogens is 517 g/mol. The second-order valence-electron chi connectivity index (χ2n) is 10.9. The van der Waals surface area contributed by atoms with Crippen LogP contribution in [0.1, 0.15) is 66.2 Å². The Labute approximate surface area is 212 Å². The number of piperidine rings is 1. The molecule has 1 saturated heterocycles. The molecular formula is C24H46IN5O2. The summed E-state index contributed by atoms with van der Waals surface area (Å²) in [5.74, 6) is 2.49. The molecule has 0 spiro atoms. The Kier molecular flexibility index (Phi) is 10.4. The molecule has 1 amide bonds. The Morgan fingerprint density at radius 2 is 1.75 bits per heavy atom. The SMILES string of the molecule is CCNC(=NCC(C1CC1)N(C)C)N1CCC(N(CC2CC2)C(=O)OC(C)(C)C)CC1.I. The van der Waals surface area contributed by atoms with E-state index in [-0.39, 0.29) is 36.1 Å². The standard InChI is InChI=1S/C24H45N5O2.HI/c1-7-25-22(26-16-21(27(5)6)19-10-11-19)28-14-12-20(13-15-28)29(17-18-8-9-18)23(30)31-24(2,3)4;/h18-21H,7-17H2,1-6H3,(H,25,26);1H. The number of halogens is 1. The minimum absolute atomic E-state index is 0. The Balaban J connectivity index is 0.00000363. The average Bonchev–Trinajstić information content (AvgIpc) is 3.59. The van der Waals surface area contributed by atoms with Gasteiger partial charge in [-0.1, -0.05) is 0 Å². The summed E-state index contributed by atoms with van der Waals surface area (Å²) in [7, 11) is 4.34. The first kappa shape index (κ1) is 27.5. The number of amides is 1. The number of ether oxygens (including phenoxy) is 1. The van der Waals surface area contributed by atoms with Crippen molar-refractivity contribution in [2.45, 2.75) is 83.9 Å². The van der Waals surface area contributed by atoms with Crippen molar-refractivity contribution in [1.82, 2.24) is 20.0 Å². The van der Waals surface area contributed by atoms with E-state index >= 15 is 0 Å². The van der Waals surface area contributed by atoms with E-state index in [4.69, 9.17) is 9.73 Å². The van der Waals surface area contributed by atoms with E-state index in [0.717, 1.165) is 57.4 Å². The maximum Gasteiger partial charge on any atom is 0.410 e. The predicted octanol–water partition coefficient (Wildman–Crippen LogP) is 4.02. The number of aliphatic imine (C=N–C) groups is 1. The minimum Gasteiger partial charge on any atom is -0.444 e. The number of carbonyl (C=O) groups is 1. The maximum atomic E-state index is 12.9. The van der Waals surface area contributed by atoms with Gasteiger partial charge in [-0.3, -0.25) is 4.99 Å². The van der Waals surface area contributed by atoms with Gasteiger partial charge in [0, 0.05) is 38.3 Å². The lowest BCUT2D eigenvalue weighted by molar-refractivity contribution is 0.00928. The number of hydrogen-bond donors (Lipinski definition) is 1. The lowest BCUT2D eigenvalue weighted by Gasteiger charge is -2.40. The van der Waals surface area contributed by atoms with Crippen molar-refractivity contribution in [3.05, 3.63) is 0 Å². The van der Waals surface area contributed by atoms with Crippen LogP contribution in [0.3, 0.4) is 0 Å². The van der Waals surface area contributed by atoms with E-state index in [1.165, 1.54) is 25.7 Å². The molecule has 1 heterocycles. The number of carbonyl (C=O) groups excluding carboxylic acids is 1. The van der Waals surface area contributed by atoms with Gasteiger partial charge in [-0.05, 0) is 92.2 Å². The first-order valence-electron chi connectivity index (χ1n) is 12.4. The summed E-state index contributed by atoms with van der Waals surface area (Å²) in [5, 5.41) is 3.50. The van der Waals surface area contributed by atoms with Crippen molar-refractivity contribution < 1.29 is 9.53 Å². The van der Waals surface area contributed by atoms with Crippen LogP contribution in [0.2, 0.25) is 0 Å². The topological polar surface area (TPSA) is 60.4 Å². The molecule has 3 aliphatic rings. The van der Waals surface area contributed by atoms with Crippen LogP contribution < -0.4 is 5.32 Å². The van der Waals surface area contributed by atoms with E-state index in [1.807, 2.05) is 25.7 Å². The maximum absolute atomic E-state index is 12.9. The molecule has 0 aromatic heterocycles. The fraction of sp³-hybridized carbons (Fsp3) is 0.917. The van der Waals surface area contributed by atoms with Crippen molar-refractivity contribution in [2.75, 3.05) is 46.8 Å². The molecule has 3 fully saturated rings. The molecule has 2 aliphatic carbocycles. The molecule has 3 rings (SSSR count). The van der Waals surface area contributed by atoms with Crippen molar-refractivity contribution in [2.24, 2.45) is 16.8 Å². The zero-order valence-corrected chi connectivity index (χ0v) is 23.4. The van der Waals surface area contributed by atoms with E-state index in [9.17, 15) is 4.79 Å². The molecule has 186 valence electrons. The largest absolute Gasteiger partial charge is 0.444 e. The van der Waals surface area contributed by atoms with Crippen molar-refractivity contribution in [3.8, 4) is 0 Å². The van der Waals surface area contributed by atoms with Gasteiger partial charge in [-0.2, -0.15) is 0 Å². The molecule has 8 heteroatoms. The molecule has 0 radical (unpaired) electrons. The highest BCUT2D eigenvalue weighted by atomic mass is 127. The first-order valence-corrected chi connectivity index (χ1v) is 12.4. The number of guanidine groups is 1. The Hall–Kier alpha value is -0.770. The van der Waals surface area contributed by atoms with Crippen LogP contribution in [0.4, 0.5) is 4.79 Å². The number of hydrogen-bond acceptors (Lipinski definition) is 4. The summed E-state index contributed by atoms with van der Waals surface area (Å²) < 4.78 is 5.74. The summed E-state index contributed by atoms with van der Waals surface area (Å²) in [6.07, 6.45) is 6.94. The summed E-state index contributed by atoms with van der Waals surface area (Å²) in [5.41, 5.74) is -0.449. The molecule has 0 aromatic carbocycles. The molecule has 32 heavy (non-hydrogen) atoms. The molecule has 2 saturated carbocycles. The molecule has 7 nitrogen and oxygen atoms in total. The van der Waals surface area contributed by atoms with E-state index in [0.29, 0.717) is 12.0 Å². The van der Waals surface area contributed by atoms with E-state index < -0.39 is 5.60 Å². The second-order valence-corrected chi connectivity index (χ2v) is 10.9. The van der Waals surface area contributed by atoms with Crippen LogP contribution >= 0.6 is 24.0 Å². The predicted molar refractivity (Wildman–Crippen MR) is 142 cm³/mol. The lowest BCUT2D eigenvalue weighted by atomic mass is 10.0. The summed E-state index contributed by atoms with van der Waals surface area (Å²) in [6, 6.07) is 0.794. The fourth-order valence-corrected chi connectivity index (χ4v) is 4.48. The average molecular weight is 564 g/mol. The van der Waals surface area contributed by atoms with Gasteiger partial charge in [0.05, 0.1) is 6.54 Å². The number of nitrogens with one attached hydrogen (secondary N) is 1. The summed E-state index contributed by atoms with van der Waals surface area (Å²) in [4.78, 5) is 24.6. The van der Waals surface area contributed by atoms with Gasteiger partial charge < -0.3 is 24.8 Å². The highest BCUT2D eigenvalue weighted by molar-refractivity contribution is 14.0. The second kappa shape index (κ2) is 12.1. The van der Waals surface area contributed by atoms with E-state index in [1.54, 1.807) is 0 Å². The molecule has 1 N–H and O–H groups in total. The fourth-order valence-electron chi connectivity index (χ4n) is 4.48. The Morgan fingerprint density at radius 3 is 2.22 bits per heavy atom. The third kappa shape index (κ3) is 8.54. The van der Waals surface area contributed by atoms with Crippen LogP contribution in [0.15, 0.2) is 4.99 Å². The van der Waals surface area contributed by atoms with Gasteiger partial charge in [0.25, 0.3) is 0 Å². The Bertz CT molecular complexity index is 618. The van der Waals surface area contributed by atoms with Gasteiger partial charge in [0.2, 0.25) is 0 Å². The Morgan fingerprint density at radius 1 is 1.12 bits per heavy atom. The summed E-state index contributed by atoms with van der Waals surface area (Å²) >= 11 is 0. The normalized spacial score (nSPS) is 21.2. The zero-order chi connectivity index (χ0) is 22.6. The number of likely N-dealkylation sites (N-methyl/N-ethyl adjacent to an activating group) is 1. The molecule has 1 unspecified atom stereocenters. The first-order chi connectivity index (χ1) is 14.7. The smallest absolute Gasteiger partial charge is 0.410 e. The van der Waals surface area contributed by atoms with Gasteiger partial charge in [0.1, 0.15) is 5.60 Å². The highest BCUT2D eigenvalue weighted by Gasteiger charge is 2.36. The third-order valence-corrected chi connectivity index (χ3v) is 6.58. The highest BCUT2D eigenvalue weighted by Crippen LogP contribution is 2.35. The van der Waals surface area contributed by atoms with Gasteiger partial charge in [-0.15, -0.1) is 24.0 Å². The number of likely N-dealkylation sites (tertiary alicyclic amines) is 1. The van der Waals surface area contributed by atoms with Gasteiger partial charge in [-0.25, -0.2) is 4.79 Å². The third-order valence-electron chi connectivity index (χ3n) is 6.58. The van der Waals surface area contributed by atoms with Crippen LogP contribution in [0.25, 0.3) is 0 Å². The molecule has 0 bridgehead atoms. The lowest BCUT2D eigenvalue weighted by Crippen LogP contribution is -2.52. The molecule has 1 aliphatic heterocycles. The van der Waals surface area contributed by atoms with E-state index in [2.05, 4.69) is 36.1 Å². The van der Waals surface area contributed by atoms with Crippen molar-refractivity contribution in [3.63, 3.8) is 0 Å². The van der Waals surface area contributed by atoms with Gasteiger partial charge in [0.15, 0.2) is 5.96 Å². The zero-order valence-electron chi connectivity index (χ0n) is 21.1. The van der Waals surface area contributed by atoms with Crippen molar-refractivity contribution >= 4 is 36.0 Å². The molecule has 1 atom stereocenters. The summed E-state index contributed by atoms with van der Waals surface area (Å²) in [6.45, 7) is 12.4. The quantitative estimate of drug-likeness (QED) is 0.275. The number of nitrogens with zero attached hydrogens (tertiary/aromatic N) is 4. The van der Waals surface area contributed by atoms with Gasteiger partial charge >= 0.3 is 6.09 Å². The van der Waals surface area contributed by atoms with Crippen LogP contribution in [0, 0.1) is 11.8 Å².